The molecule has 0 unspecified atom stereocenters. The van der Waals surface area contributed by atoms with Crippen molar-refractivity contribution in [2.24, 2.45) is 0 Å². The summed E-state index contributed by atoms with van der Waals surface area (Å²) >= 11 is 0. The van der Waals surface area contributed by atoms with Gasteiger partial charge in [0.25, 0.3) is 0 Å². The number of hydrazine groups is 1. The first-order chi connectivity index (χ1) is 7.88. The lowest BCUT2D eigenvalue weighted by Gasteiger charge is -2.21. The van der Waals surface area contributed by atoms with E-state index in [0.29, 0.717) is 11.4 Å². The van der Waals surface area contributed by atoms with Gasteiger partial charge in [-0.2, -0.15) is 0 Å². The Bertz CT molecular complexity index is 483. The van der Waals surface area contributed by atoms with Crippen LogP contribution in [-0.2, 0) is 4.74 Å². The van der Waals surface area contributed by atoms with Crippen molar-refractivity contribution in [3.63, 3.8) is 0 Å². The van der Waals surface area contributed by atoms with Crippen LogP contribution in [0, 0.1) is 0 Å². The van der Waals surface area contributed by atoms with Crippen LogP contribution in [-0.4, -0.2) is 21.4 Å². The smallest absolute Gasteiger partial charge is 0.420 e. The molecule has 1 aromatic rings. The van der Waals surface area contributed by atoms with Crippen LogP contribution in [0.3, 0.4) is 0 Å². The van der Waals surface area contributed by atoms with Crippen molar-refractivity contribution in [2.45, 2.75) is 26.4 Å². The number of carbonyl (C=O) groups is 1. The van der Waals surface area contributed by atoms with Gasteiger partial charge in [0.15, 0.2) is 0 Å². The molecule has 0 saturated carbocycles. The maximum Gasteiger partial charge on any atom is 0.420 e. The monoisotopic (exact) mass is 237 g/mol. The van der Waals surface area contributed by atoms with Gasteiger partial charge >= 0.3 is 6.09 Å². The molecule has 6 heteroatoms. The van der Waals surface area contributed by atoms with E-state index in [2.05, 4.69) is 10.9 Å². The van der Waals surface area contributed by atoms with Crippen molar-refractivity contribution in [3.8, 4) is 0 Å². The molecule has 0 saturated heterocycles. The highest BCUT2D eigenvalue weighted by Crippen LogP contribution is 2.26. The third kappa shape index (κ3) is 2.20. The topological polar surface area (TPSA) is 75.5 Å². The zero-order valence-corrected chi connectivity index (χ0v) is 9.94. The number of nitrogens with one attached hydrogen (secondary N) is 2. The van der Waals surface area contributed by atoms with Crippen LogP contribution in [0.1, 0.15) is 26.3 Å². The average Bonchev–Trinajstić information content (AvgIpc) is 2.60. The second-order valence-corrected chi connectivity index (χ2v) is 4.73. The normalized spacial score (nSPS) is 14.2. The van der Waals surface area contributed by atoms with Crippen LogP contribution >= 0.6 is 0 Å². The molecular formula is C11H15N3O3. The predicted molar refractivity (Wildman–Crippen MR) is 63.4 cm³/mol. The molecule has 1 aliphatic heterocycles. The van der Waals surface area contributed by atoms with Gasteiger partial charge in [0, 0.05) is 6.20 Å². The predicted octanol–water partition coefficient (Wildman–Crippen LogP) is 2.06. The van der Waals surface area contributed by atoms with Gasteiger partial charge < -0.3 is 15.3 Å². The lowest BCUT2D eigenvalue weighted by Crippen LogP contribution is -2.29. The summed E-state index contributed by atoms with van der Waals surface area (Å²) < 4.78 is 6.54. The Labute approximate surface area is 98.8 Å². The molecule has 0 aliphatic carbocycles. The summed E-state index contributed by atoms with van der Waals surface area (Å²) in [4.78, 5) is 11.9. The molecule has 0 spiro atoms. The summed E-state index contributed by atoms with van der Waals surface area (Å²) in [5.74, 6) is 0.528. The minimum absolute atomic E-state index is 0.0704. The van der Waals surface area contributed by atoms with Crippen LogP contribution in [0.4, 0.5) is 10.6 Å². The molecule has 17 heavy (non-hydrogen) atoms. The van der Waals surface area contributed by atoms with Gasteiger partial charge in [0.2, 0.25) is 0 Å². The number of anilines is 1. The van der Waals surface area contributed by atoms with Gasteiger partial charge in [-0.3, -0.25) is 5.43 Å². The van der Waals surface area contributed by atoms with Crippen LogP contribution in [0.15, 0.2) is 18.5 Å². The maximum absolute atomic E-state index is 11.9. The second-order valence-electron chi connectivity index (χ2n) is 4.73. The summed E-state index contributed by atoms with van der Waals surface area (Å²) in [6, 6.07) is 1.64. The molecule has 0 aromatic carbocycles. The van der Waals surface area contributed by atoms with E-state index in [1.54, 1.807) is 33.0 Å². The fraction of sp³-hybridized carbons (Fsp3) is 0.364. The van der Waals surface area contributed by atoms with Crippen molar-refractivity contribution < 1.29 is 14.6 Å². The number of aromatic nitrogens is 1. The Morgan fingerprint density at radius 2 is 2.18 bits per heavy atom. The van der Waals surface area contributed by atoms with Gasteiger partial charge in [0.05, 0.1) is 11.8 Å². The van der Waals surface area contributed by atoms with Crippen molar-refractivity contribution in [3.05, 3.63) is 24.0 Å². The van der Waals surface area contributed by atoms with Crippen LogP contribution in [0.5, 0.6) is 0 Å². The number of aliphatic hydroxyl groups excluding tert-OH is 1. The lowest BCUT2D eigenvalue weighted by atomic mass is 10.2. The van der Waals surface area contributed by atoms with E-state index in [1.807, 2.05) is 0 Å². The lowest BCUT2D eigenvalue weighted by molar-refractivity contribution is 0.0540. The van der Waals surface area contributed by atoms with Crippen molar-refractivity contribution in [2.75, 3.05) is 5.43 Å². The van der Waals surface area contributed by atoms with Crippen LogP contribution < -0.4 is 10.9 Å². The number of carbonyl (C=O) groups excluding carboxylic acids is 1. The van der Waals surface area contributed by atoms with E-state index >= 15 is 0 Å². The fourth-order valence-electron chi connectivity index (χ4n) is 1.48. The van der Waals surface area contributed by atoms with Crippen LogP contribution in [0.2, 0.25) is 0 Å². The molecule has 3 N–H and O–H groups in total. The molecular weight excluding hydrogens is 222 g/mol. The summed E-state index contributed by atoms with van der Waals surface area (Å²) in [5.41, 5.74) is 5.42. The Hall–Kier alpha value is -2.11. The number of rotatable bonds is 0. The molecule has 0 bridgehead atoms. The highest BCUT2D eigenvalue weighted by atomic mass is 16.6. The number of ether oxygens (including phenoxy) is 1. The van der Waals surface area contributed by atoms with E-state index in [-0.39, 0.29) is 5.76 Å². The highest BCUT2D eigenvalue weighted by Gasteiger charge is 2.23. The second kappa shape index (κ2) is 3.73. The number of hydrogen-bond acceptors (Lipinski definition) is 5. The molecule has 0 fully saturated rings. The summed E-state index contributed by atoms with van der Waals surface area (Å²) in [5, 5.41) is 9.58. The zero-order valence-electron chi connectivity index (χ0n) is 9.94. The van der Waals surface area contributed by atoms with Gasteiger partial charge in [-0.1, -0.05) is 0 Å². The fourth-order valence-corrected chi connectivity index (χ4v) is 1.48. The molecule has 1 aliphatic rings. The Morgan fingerprint density at radius 1 is 1.47 bits per heavy atom. The first kappa shape index (κ1) is 11.4. The molecule has 1 aromatic heterocycles. The summed E-state index contributed by atoms with van der Waals surface area (Å²) in [6.45, 7) is 5.39. The zero-order chi connectivity index (χ0) is 12.6. The molecule has 0 amide bonds. The van der Waals surface area contributed by atoms with E-state index < -0.39 is 11.7 Å². The number of nitrogens with zero attached hydrogens (tertiary/aromatic N) is 1. The Morgan fingerprint density at radius 3 is 2.82 bits per heavy atom. The number of hydrogen-bond donors (Lipinski definition) is 3. The number of aliphatic hydroxyl groups is 1. The first-order valence-corrected chi connectivity index (χ1v) is 5.24. The molecule has 2 heterocycles. The molecule has 6 nitrogen and oxygen atoms in total. The van der Waals surface area contributed by atoms with E-state index in [4.69, 9.17) is 4.74 Å². The molecule has 0 atom stereocenters. The maximum atomic E-state index is 11.9. The number of fused-ring (bicyclic) bond motifs is 1. The molecule has 0 radical (unpaired) electrons. The molecule has 92 valence electrons. The first-order valence-electron chi connectivity index (χ1n) is 5.24. The Balaban J connectivity index is 2.30. The molecule has 2 rings (SSSR count). The minimum Gasteiger partial charge on any atom is -0.506 e. The summed E-state index contributed by atoms with van der Waals surface area (Å²) in [7, 11) is 0. The summed E-state index contributed by atoms with van der Waals surface area (Å²) in [6.07, 6.45) is 2.45. The standard InChI is InChI=1S/C11H15N3O3/c1-11(2,3)17-10(16)14-5-4-7-8(15)6-12-13-9(7)14/h4-6,12-13,15H,1-3H3. The van der Waals surface area contributed by atoms with Gasteiger partial charge in [0.1, 0.15) is 17.2 Å². The SMILES string of the molecule is CC(C)(C)OC(=O)n1ccc2c1NNC=C2O. The third-order valence-corrected chi connectivity index (χ3v) is 2.15. The minimum atomic E-state index is -0.561. The van der Waals surface area contributed by atoms with Gasteiger partial charge in [-0.05, 0) is 26.8 Å². The van der Waals surface area contributed by atoms with Gasteiger partial charge in [-0.15, -0.1) is 0 Å². The van der Waals surface area contributed by atoms with Gasteiger partial charge in [-0.25, -0.2) is 9.36 Å². The van der Waals surface area contributed by atoms with Crippen molar-refractivity contribution in [1.29, 1.82) is 0 Å². The van der Waals surface area contributed by atoms with Crippen LogP contribution in [0.25, 0.3) is 5.76 Å². The van der Waals surface area contributed by atoms with E-state index in [0.717, 1.165) is 0 Å². The van der Waals surface area contributed by atoms with Crippen molar-refractivity contribution in [1.82, 2.24) is 9.99 Å². The Kier molecular flexibility index (Phi) is 2.49. The highest BCUT2D eigenvalue weighted by molar-refractivity contribution is 5.82. The van der Waals surface area contributed by atoms with E-state index in [9.17, 15) is 9.90 Å². The quantitative estimate of drug-likeness (QED) is 0.644. The average molecular weight is 237 g/mol. The largest absolute Gasteiger partial charge is 0.506 e. The third-order valence-electron chi connectivity index (χ3n) is 2.15. The van der Waals surface area contributed by atoms with Crippen molar-refractivity contribution >= 4 is 17.7 Å². The van der Waals surface area contributed by atoms with E-state index in [1.165, 1.54) is 10.8 Å².